The van der Waals surface area contributed by atoms with Crippen molar-refractivity contribution >= 4 is 11.9 Å². The standard InChI is InChI=1S/C7H5N3O2/c8-4-5-1-2-9-6(3-5)10-7(11)12/h1-3H,(H,9,10)(H,11,12). The summed E-state index contributed by atoms with van der Waals surface area (Å²) >= 11 is 0. The molecule has 12 heavy (non-hydrogen) atoms. The lowest BCUT2D eigenvalue weighted by molar-refractivity contribution is 0.209. The summed E-state index contributed by atoms with van der Waals surface area (Å²) in [6.45, 7) is 0. The van der Waals surface area contributed by atoms with E-state index in [0.717, 1.165) is 0 Å². The van der Waals surface area contributed by atoms with Crippen molar-refractivity contribution in [1.82, 2.24) is 4.98 Å². The van der Waals surface area contributed by atoms with Gasteiger partial charge in [-0.25, -0.2) is 9.78 Å². The summed E-state index contributed by atoms with van der Waals surface area (Å²) in [4.78, 5) is 13.8. The summed E-state index contributed by atoms with van der Waals surface area (Å²) in [7, 11) is 0. The average Bonchev–Trinajstić information content (AvgIpc) is 2.03. The van der Waals surface area contributed by atoms with Crippen LogP contribution in [0.5, 0.6) is 0 Å². The van der Waals surface area contributed by atoms with Gasteiger partial charge in [0.25, 0.3) is 0 Å². The Labute approximate surface area is 68.3 Å². The molecule has 0 saturated carbocycles. The molecule has 1 amide bonds. The summed E-state index contributed by atoms with van der Waals surface area (Å²) in [6, 6.07) is 4.72. The second-order valence-electron chi connectivity index (χ2n) is 1.97. The number of hydrogen-bond acceptors (Lipinski definition) is 3. The lowest BCUT2D eigenvalue weighted by Crippen LogP contribution is -2.08. The molecule has 0 bridgehead atoms. The van der Waals surface area contributed by atoms with Gasteiger partial charge >= 0.3 is 6.09 Å². The van der Waals surface area contributed by atoms with Crippen molar-refractivity contribution in [1.29, 1.82) is 5.26 Å². The summed E-state index contributed by atoms with van der Waals surface area (Å²) in [5, 5.41) is 18.8. The average molecular weight is 163 g/mol. The number of anilines is 1. The Kier molecular flexibility index (Phi) is 2.23. The van der Waals surface area contributed by atoms with Crippen LogP contribution in [0.4, 0.5) is 10.6 Å². The first-order valence-corrected chi connectivity index (χ1v) is 3.08. The molecule has 2 N–H and O–H groups in total. The number of carbonyl (C=O) groups is 1. The second kappa shape index (κ2) is 3.34. The van der Waals surface area contributed by atoms with Gasteiger partial charge in [0.1, 0.15) is 5.82 Å². The SMILES string of the molecule is N#Cc1ccnc(NC(=O)O)c1. The third kappa shape index (κ3) is 1.95. The van der Waals surface area contributed by atoms with E-state index in [1.54, 1.807) is 0 Å². The van der Waals surface area contributed by atoms with Crippen molar-refractivity contribution in [3.63, 3.8) is 0 Å². The van der Waals surface area contributed by atoms with Gasteiger partial charge in [-0.15, -0.1) is 0 Å². The highest BCUT2D eigenvalue weighted by atomic mass is 16.4. The highest BCUT2D eigenvalue weighted by Crippen LogP contribution is 2.04. The molecule has 1 rings (SSSR count). The molecule has 0 unspecified atom stereocenters. The molecule has 0 aliphatic carbocycles. The maximum absolute atomic E-state index is 10.1. The van der Waals surface area contributed by atoms with Crippen LogP contribution in [-0.2, 0) is 0 Å². The Bertz CT molecular complexity index is 343. The van der Waals surface area contributed by atoms with Gasteiger partial charge in [-0.2, -0.15) is 5.26 Å². The summed E-state index contributed by atoms with van der Waals surface area (Å²) in [5.41, 5.74) is 0.369. The molecule has 0 spiro atoms. The molecule has 0 aliphatic rings. The Morgan fingerprint density at radius 1 is 1.75 bits per heavy atom. The van der Waals surface area contributed by atoms with Gasteiger partial charge in [0, 0.05) is 6.20 Å². The van der Waals surface area contributed by atoms with Crippen LogP contribution >= 0.6 is 0 Å². The second-order valence-corrected chi connectivity index (χ2v) is 1.97. The Morgan fingerprint density at radius 2 is 2.50 bits per heavy atom. The Morgan fingerprint density at radius 3 is 3.08 bits per heavy atom. The van der Waals surface area contributed by atoms with Crippen molar-refractivity contribution in [2.45, 2.75) is 0 Å². The van der Waals surface area contributed by atoms with Gasteiger partial charge < -0.3 is 5.11 Å². The smallest absolute Gasteiger partial charge is 0.410 e. The largest absolute Gasteiger partial charge is 0.465 e. The molecular weight excluding hydrogens is 158 g/mol. The number of pyridine rings is 1. The van der Waals surface area contributed by atoms with Crippen LogP contribution in [-0.4, -0.2) is 16.2 Å². The van der Waals surface area contributed by atoms with Crippen molar-refractivity contribution < 1.29 is 9.90 Å². The van der Waals surface area contributed by atoms with Crippen LogP contribution in [0.3, 0.4) is 0 Å². The van der Waals surface area contributed by atoms with Gasteiger partial charge in [0.2, 0.25) is 0 Å². The van der Waals surface area contributed by atoms with Gasteiger partial charge in [0.15, 0.2) is 0 Å². The summed E-state index contributed by atoms with van der Waals surface area (Å²) < 4.78 is 0. The van der Waals surface area contributed by atoms with E-state index in [2.05, 4.69) is 4.98 Å². The van der Waals surface area contributed by atoms with Crippen molar-refractivity contribution in [2.75, 3.05) is 5.32 Å². The maximum atomic E-state index is 10.1. The molecule has 0 atom stereocenters. The third-order valence-electron chi connectivity index (χ3n) is 1.12. The van der Waals surface area contributed by atoms with Gasteiger partial charge in [0.05, 0.1) is 11.6 Å². The van der Waals surface area contributed by atoms with Gasteiger partial charge in [-0.3, -0.25) is 5.32 Å². The molecule has 5 nitrogen and oxygen atoms in total. The lowest BCUT2D eigenvalue weighted by Gasteiger charge is -1.97. The molecule has 1 aromatic rings. The number of carboxylic acid groups (broad SMARTS) is 1. The van der Waals surface area contributed by atoms with Crippen LogP contribution < -0.4 is 5.32 Å². The van der Waals surface area contributed by atoms with Crippen molar-refractivity contribution in [2.24, 2.45) is 0 Å². The van der Waals surface area contributed by atoms with Crippen molar-refractivity contribution in [3.8, 4) is 6.07 Å². The minimum absolute atomic E-state index is 0.154. The molecule has 0 aliphatic heterocycles. The summed E-state index contributed by atoms with van der Waals surface area (Å²) in [6.07, 6.45) is 0.168. The fraction of sp³-hybridized carbons (Fsp3) is 0. The fourth-order valence-corrected chi connectivity index (χ4v) is 0.678. The predicted molar refractivity (Wildman–Crippen MR) is 40.6 cm³/mol. The van der Waals surface area contributed by atoms with Crippen LogP contribution in [0.25, 0.3) is 0 Å². The number of hydrogen-bond donors (Lipinski definition) is 2. The van der Waals surface area contributed by atoms with Crippen LogP contribution in [0.1, 0.15) is 5.56 Å². The Hall–Kier alpha value is -2.09. The number of nitrogens with zero attached hydrogens (tertiary/aromatic N) is 2. The van der Waals surface area contributed by atoms with Crippen LogP contribution in [0, 0.1) is 11.3 Å². The molecule has 60 valence electrons. The molecule has 0 fully saturated rings. The quantitative estimate of drug-likeness (QED) is 0.647. The number of nitriles is 1. The van der Waals surface area contributed by atoms with Crippen LogP contribution in [0.15, 0.2) is 18.3 Å². The normalized spacial score (nSPS) is 8.58. The number of nitrogens with one attached hydrogen (secondary N) is 1. The summed E-state index contributed by atoms with van der Waals surface area (Å²) in [5.74, 6) is 0.154. The number of rotatable bonds is 1. The minimum Gasteiger partial charge on any atom is -0.465 e. The van der Waals surface area contributed by atoms with E-state index in [1.807, 2.05) is 11.4 Å². The topological polar surface area (TPSA) is 86.0 Å². The van der Waals surface area contributed by atoms with E-state index in [-0.39, 0.29) is 5.82 Å². The first-order valence-electron chi connectivity index (χ1n) is 3.08. The van der Waals surface area contributed by atoms with E-state index in [1.165, 1.54) is 18.3 Å². The Balaban J connectivity index is 2.88. The van der Waals surface area contributed by atoms with Gasteiger partial charge in [-0.05, 0) is 12.1 Å². The van der Waals surface area contributed by atoms with E-state index < -0.39 is 6.09 Å². The molecule has 0 saturated heterocycles. The zero-order valence-corrected chi connectivity index (χ0v) is 5.98. The molecular formula is C7H5N3O2. The first kappa shape index (κ1) is 8.01. The first-order chi connectivity index (χ1) is 5.72. The minimum atomic E-state index is -1.20. The van der Waals surface area contributed by atoms with E-state index in [0.29, 0.717) is 5.56 Å². The third-order valence-corrected chi connectivity index (χ3v) is 1.12. The highest BCUT2D eigenvalue weighted by molar-refractivity contribution is 5.81. The van der Waals surface area contributed by atoms with E-state index in [9.17, 15) is 4.79 Å². The molecule has 1 heterocycles. The lowest BCUT2D eigenvalue weighted by atomic mass is 10.3. The highest BCUT2D eigenvalue weighted by Gasteiger charge is 1.99. The molecule has 5 heteroatoms. The zero-order chi connectivity index (χ0) is 8.97. The molecule has 0 aromatic carbocycles. The monoisotopic (exact) mass is 163 g/mol. The number of aromatic nitrogens is 1. The fourth-order valence-electron chi connectivity index (χ4n) is 0.678. The number of amides is 1. The van der Waals surface area contributed by atoms with E-state index >= 15 is 0 Å². The van der Waals surface area contributed by atoms with Crippen LogP contribution in [0.2, 0.25) is 0 Å². The van der Waals surface area contributed by atoms with Crippen molar-refractivity contribution in [3.05, 3.63) is 23.9 Å². The predicted octanol–water partition coefficient (Wildman–Crippen LogP) is 1.04. The van der Waals surface area contributed by atoms with Gasteiger partial charge in [-0.1, -0.05) is 0 Å². The zero-order valence-electron chi connectivity index (χ0n) is 5.98. The molecule has 1 aromatic heterocycles. The van der Waals surface area contributed by atoms with E-state index in [4.69, 9.17) is 10.4 Å². The molecule has 0 radical (unpaired) electrons. The maximum Gasteiger partial charge on any atom is 0.410 e.